The van der Waals surface area contributed by atoms with Crippen molar-refractivity contribution in [2.45, 2.75) is 51.2 Å². The second-order valence-corrected chi connectivity index (χ2v) is 8.04. The van der Waals surface area contributed by atoms with Crippen LogP contribution in [0.25, 0.3) is 6.08 Å². The Hall–Kier alpha value is -3.08. The number of amides is 1. The number of rotatable bonds is 5. The fourth-order valence-electron chi connectivity index (χ4n) is 3.95. The molecule has 4 rings (SSSR count). The van der Waals surface area contributed by atoms with Gasteiger partial charge < -0.3 is 14.8 Å². The van der Waals surface area contributed by atoms with Gasteiger partial charge >= 0.3 is 5.97 Å². The van der Waals surface area contributed by atoms with Gasteiger partial charge in [-0.1, -0.05) is 67.3 Å². The molecule has 2 aromatic carbocycles. The average molecular weight is 405 g/mol. The van der Waals surface area contributed by atoms with Gasteiger partial charge in [0.1, 0.15) is 12.4 Å². The van der Waals surface area contributed by atoms with Gasteiger partial charge in [0.15, 0.2) is 0 Å². The molecule has 1 aliphatic heterocycles. The highest BCUT2D eigenvalue weighted by molar-refractivity contribution is 5.97. The van der Waals surface area contributed by atoms with Crippen molar-refractivity contribution >= 4 is 18.0 Å². The van der Waals surface area contributed by atoms with E-state index in [1.54, 1.807) is 6.08 Å². The van der Waals surface area contributed by atoms with Crippen molar-refractivity contribution in [1.29, 1.82) is 0 Å². The third-order valence-electron chi connectivity index (χ3n) is 5.69. The topological polar surface area (TPSA) is 64.6 Å². The molecule has 5 nitrogen and oxygen atoms in total. The molecule has 0 unspecified atom stereocenters. The van der Waals surface area contributed by atoms with E-state index in [2.05, 4.69) is 5.32 Å². The molecule has 156 valence electrons. The zero-order valence-electron chi connectivity index (χ0n) is 17.2. The lowest BCUT2D eigenvalue weighted by Crippen LogP contribution is -2.40. The van der Waals surface area contributed by atoms with E-state index in [-0.39, 0.29) is 18.6 Å². The highest BCUT2D eigenvalue weighted by atomic mass is 16.6. The Balaban J connectivity index is 1.53. The molecule has 1 atom stereocenters. The Morgan fingerprint density at radius 1 is 1.03 bits per heavy atom. The molecule has 1 N–H and O–H groups in total. The van der Waals surface area contributed by atoms with Crippen molar-refractivity contribution in [2.24, 2.45) is 0 Å². The Labute approximate surface area is 177 Å². The third-order valence-corrected chi connectivity index (χ3v) is 5.69. The highest BCUT2D eigenvalue weighted by Gasteiger charge is 2.29. The van der Waals surface area contributed by atoms with Crippen LogP contribution in [-0.2, 0) is 14.3 Å². The summed E-state index contributed by atoms with van der Waals surface area (Å²) in [5.74, 6) is -0.0649. The number of carbonyl (C=O) groups excluding carboxylic acids is 2. The number of hydrogen-bond donors (Lipinski definition) is 1. The number of hydrogen-bond acceptors (Lipinski definition) is 4. The molecule has 1 saturated carbocycles. The fraction of sp³-hybridized carbons (Fsp3) is 0.360. The van der Waals surface area contributed by atoms with Crippen LogP contribution in [0.2, 0.25) is 0 Å². The van der Waals surface area contributed by atoms with Crippen molar-refractivity contribution in [3.8, 4) is 5.75 Å². The molecule has 0 saturated heterocycles. The molecule has 0 spiro atoms. The molecule has 1 fully saturated rings. The summed E-state index contributed by atoms with van der Waals surface area (Å²) in [6, 6.07) is 15.2. The zero-order chi connectivity index (χ0) is 20.9. The predicted octanol–water partition coefficient (Wildman–Crippen LogP) is 4.50. The lowest BCUT2D eigenvalue weighted by atomic mass is 9.95. The van der Waals surface area contributed by atoms with E-state index in [9.17, 15) is 9.59 Å². The quantitative estimate of drug-likeness (QED) is 0.744. The fourth-order valence-corrected chi connectivity index (χ4v) is 3.95. The molecule has 2 aromatic rings. The Bertz CT molecular complexity index is 942. The van der Waals surface area contributed by atoms with Crippen LogP contribution in [0, 0.1) is 6.92 Å². The van der Waals surface area contributed by atoms with Gasteiger partial charge in [-0.15, -0.1) is 0 Å². The van der Waals surface area contributed by atoms with Crippen molar-refractivity contribution < 1.29 is 19.1 Å². The maximum atomic E-state index is 13.1. The summed E-state index contributed by atoms with van der Waals surface area (Å²) < 4.78 is 11.4. The monoisotopic (exact) mass is 405 g/mol. The highest BCUT2D eigenvalue weighted by Crippen LogP contribution is 2.28. The second kappa shape index (κ2) is 9.16. The molecular weight excluding hydrogens is 378 g/mol. The minimum Gasteiger partial charge on any atom is -0.488 e. The van der Waals surface area contributed by atoms with Gasteiger partial charge in [0.05, 0.1) is 5.57 Å². The van der Waals surface area contributed by atoms with E-state index in [1.165, 1.54) is 6.42 Å². The molecule has 1 amide bonds. The Morgan fingerprint density at radius 2 is 1.77 bits per heavy atom. The van der Waals surface area contributed by atoms with E-state index in [1.807, 2.05) is 55.5 Å². The lowest BCUT2D eigenvalue weighted by Gasteiger charge is -2.26. The number of nitrogens with one attached hydrogen (secondary N) is 1. The first-order chi connectivity index (χ1) is 14.6. The molecule has 1 aliphatic carbocycles. The van der Waals surface area contributed by atoms with Crippen LogP contribution in [0.3, 0.4) is 0 Å². The van der Waals surface area contributed by atoms with Crippen molar-refractivity contribution in [2.75, 3.05) is 6.61 Å². The Kier molecular flexibility index (Phi) is 6.17. The van der Waals surface area contributed by atoms with Gasteiger partial charge in [0.25, 0.3) is 5.91 Å². The lowest BCUT2D eigenvalue weighted by molar-refractivity contribution is -0.153. The predicted molar refractivity (Wildman–Crippen MR) is 115 cm³/mol. The molecule has 0 radical (unpaired) electrons. The summed E-state index contributed by atoms with van der Waals surface area (Å²) in [5, 5.41) is 3.09. The van der Waals surface area contributed by atoms with Crippen molar-refractivity contribution in [1.82, 2.24) is 5.32 Å². The van der Waals surface area contributed by atoms with E-state index in [0.29, 0.717) is 11.1 Å². The first kappa shape index (κ1) is 20.2. The maximum absolute atomic E-state index is 13.1. The van der Waals surface area contributed by atoms with E-state index in [4.69, 9.17) is 9.47 Å². The molecule has 5 heteroatoms. The minimum atomic E-state index is -0.988. The van der Waals surface area contributed by atoms with Crippen LogP contribution in [0.15, 0.2) is 54.1 Å². The first-order valence-corrected chi connectivity index (χ1v) is 10.6. The van der Waals surface area contributed by atoms with Crippen molar-refractivity contribution in [3.63, 3.8) is 0 Å². The molecule has 1 heterocycles. The zero-order valence-corrected chi connectivity index (χ0v) is 17.2. The number of carbonyl (C=O) groups is 2. The summed E-state index contributed by atoms with van der Waals surface area (Å²) in [6.07, 6.45) is 6.16. The van der Waals surface area contributed by atoms with Crippen LogP contribution in [0.5, 0.6) is 5.75 Å². The maximum Gasteiger partial charge on any atom is 0.338 e. The number of aryl methyl sites for hydroxylation is 1. The van der Waals surface area contributed by atoms with Crippen LogP contribution in [0.1, 0.15) is 54.9 Å². The Morgan fingerprint density at radius 3 is 2.53 bits per heavy atom. The van der Waals surface area contributed by atoms with Gasteiger partial charge in [-0.3, -0.25) is 4.79 Å². The smallest absolute Gasteiger partial charge is 0.338 e. The van der Waals surface area contributed by atoms with Gasteiger partial charge in [-0.05, 0) is 31.9 Å². The third kappa shape index (κ3) is 4.73. The molecule has 0 aromatic heterocycles. The van der Waals surface area contributed by atoms with Gasteiger partial charge in [-0.2, -0.15) is 0 Å². The van der Waals surface area contributed by atoms with E-state index >= 15 is 0 Å². The second-order valence-electron chi connectivity index (χ2n) is 8.04. The van der Waals surface area contributed by atoms with Gasteiger partial charge in [0, 0.05) is 17.2 Å². The summed E-state index contributed by atoms with van der Waals surface area (Å²) in [4.78, 5) is 26.0. The summed E-state index contributed by atoms with van der Waals surface area (Å²) in [6.45, 7) is 2.11. The number of ether oxygens (including phenoxy) is 2. The summed E-state index contributed by atoms with van der Waals surface area (Å²) >= 11 is 0. The van der Waals surface area contributed by atoms with Crippen LogP contribution in [-0.4, -0.2) is 24.5 Å². The van der Waals surface area contributed by atoms with Crippen molar-refractivity contribution in [3.05, 3.63) is 70.8 Å². The summed E-state index contributed by atoms with van der Waals surface area (Å²) in [5.41, 5.74) is 2.97. The normalized spacial score (nSPS) is 17.2. The van der Waals surface area contributed by atoms with E-state index < -0.39 is 12.1 Å². The standard InChI is InChI=1S/C25H27NO4/c1-17-11-13-18(14-12-17)23(24(27)26-21-8-3-2-4-9-21)30-25(28)20-15-19-7-5-6-10-22(19)29-16-20/h5-7,10-15,21,23H,2-4,8-9,16H2,1H3,(H,26,27)/t23-/m0/s1. The van der Waals surface area contributed by atoms with E-state index in [0.717, 1.165) is 42.6 Å². The number of para-hydroxylation sites is 1. The SMILES string of the molecule is Cc1ccc([C@H](OC(=O)C2=Cc3ccccc3OC2)C(=O)NC2CCCCC2)cc1. The van der Waals surface area contributed by atoms with Crippen LogP contribution < -0.4 is 10.1 Å². The summed E-state index contributed by atoms with van der Waals surface area (Å²) in [7, 11) is 0. The first-order valence-electron chi connectivity index (χ1n) is 10.6. The molecule has 2 aliphatic rings. The number of fused-ring (bicyclic) bond motifs is 1. The van der Waals surface area contributed by atoms with Crippen LogP contribution >= 0.6 is 0 Å². The van der Waals surface area contributed by atoms with Gasteiger partial charge in [0.2, 0.25) is 6.10 Å². The minimum absolute atomic E-state index is 0.126. The molecule has 30 heavy (non-hydrogen) atoms. The van der Waals surface area contributed by atoms with Crippen LogP contribution in [0.4, 0.5) is 0 Å². The largest absolute Gasteiger partial charge is 0.488 e. The average Bonchev–Trinajstić information content (AvgIpc) is 2.78. The molecular formula is C25H27NO4. The number of esters is 1. The number of benzene rings is 2. The van der Waals surface area contributed by atoms with Gasteiger partial charge in [-0.25, -0.2) is 4.79 Å². The molecule has 0 bridgehead atoms.